The summed E-state index contributed by atoms with van der Waals surface area (Å²) < 4.78 is 46.7. The Morgan fingerprint density at radius 2 is 0.640 bits per heavy atom. The third kappa shape index (κ3) is 24.1. The van der Waals surface area contributed by atoms with E-state index < -0.39 is 15.2 Å². The zero-order valence-corrected chi connectivity index (χ0v) is 15.8. The Balaban J connectivity index is 3.10. The van der Waals surface area contributed by atoms with Gasteiger partial charge in [0.1, 0.15) is 0 Å². The SMILES string of the molecule is O=P(O)(O)CCOCCOCCOCCOCCOCCP(=O)(O)O. The highest BCUT2D eigenvalue weighted by molar-refractivity contribution is 7.52. The van der Waals surface area contributed by atoms with Crippen LogP contribution in [0.2, 0.25) is 0 Å². The summed E-state index contributed by atoms with van der Waals surface area (Å²) >= 11 is 0. The number of ether oxygens (including phenoxy) is 5. The molecule has 0 atom stereocenters. The highest BCUT2D eigenvalue weighted by Crippen LogP contribution is 2.33. The first-order chi connectivity index (χ1) is 11.7. The fourth-order valence-electron chi connectivity index (χ4n) is 1.35. The maximum Gasteiger partial charge on any atom is 0.327 e. The van der Waals surface area contributed by atoms with Crippen LogP contribution < -0.4 is 0 Å². The molecule has 0 saturated carbocycles. The second-order valence-electron chi connectivity index (χ2n) is 4.84. The summed E-state index contributed by atoms with van der Waals surface area (Å²) in [5.41, 5.74) is 0. The second kappa shape index (κ2) is 15.2. The Morgan fingerprint density at radius 1 is 0.440 bits per heavy atom. The highest BCUT2D eigenvalue weighted by atomic mass is 31.2. The van der Waals surface area contributed by atoms with Gasteiger partial charge in [-0.25, -0.2) is 0 Å². The summed E-state index contributed by atoms with van der Waals surface area (Å²) in [7, 11) is -8.00. The van der Waals surface area contributed by atoms with E-state index in [1.54, 1.807) is 0 Å². The molecule has 0 amide bonds. The van der Waals surface area contributed by atoms with Crippen molar-refractivity contribution in [3.63, 3.8) is 0 Å². The normalized spacial score (nSPS) is 12.6. The Labute approximate surface area is 146 Å². The van der Waals surface area contributed by atoms with E-state index in [0.717, 1.165) is 0 Å². The summed E-state index contributed by atoms with van der Waals surface area (Å²) in [4.78, 5) is 34.4. The lowest BCUT2D eigenvalue weighted by molar-refractivity contribution is -0.00937. The van der Waals surface area contributed by atoms with Crippen molar-refractivity contribution in [1.82, 2.24) is 0 Å². The van der Waals surface area contributed by atoms with Gasteiger partial charge in [-0.15, -0.1) is 0 Å². The van der Waals surface area contributed by atoms with Crippen molar-refractivity contribution < 1.29 is 52.4 Å². The molecule has 13 heteroatoms. The molecule has 4 N–H and O–H groups in total. The molecule has 0 saturated heterocycles. The van der Waals surface area contributed by atoms with E-state index in [2.05, 4.69) is 0 Å². The van der Waals surface area contributed by atoms with Crippen LogP contribution >= 0.6 is 15.2 Å². The predicted molar refractivity (Wildman–Crippen MR) is 87.9 cm³/mol. The van der Waals surface area contributed by atoms with Crippen molar-refractivity contribution in [3.8, 4) is 0 Å². The molecular formula is C12H28O11P2. The molecule has 0 aromatic heterocycles. The van der Waals surface area contributed by atoms with E-state index in [-0.39, 0.29) is 38.8 Å². The van der Waals surface area contributed by atoms with E-state index in [0.29, 0.717) is 39.6 Å². The average Bonchev–Trinajstić information content (AvgIpc) is 2.48. The Bertz CT molecular complexity index is 359. The number of rotatable bonds is 18. The van der Waals surface area contributed by atoms with Crippen LogP contribution in [0.4, 0.5) is 0 Å². The number of hydrogen-bond acceptors (Lipinski definition) is 7. The van der Waals surface area contributed by atoms with Gasteiger partial charge in [-0.05, 0) is 0 Å². The van der Waals surface area contributed by atoms with Gasteiger partial charge in [-0.2, -0.15) is 0 Å². The van der Waals surface area contributed by atoms with Gasteiger partial charge in [0, 0.05) is 0 Å². The molecule has 0 aliphatic heterocycles. The molecule has 0 rings (SSSR count). The maximum atomic E-state index is 10.5. The van der Waals surface area contributed by atoms with Gasteiger partial charge >= 0.3 is 15.2 Å². The molecule has 0 spiro atoms. The van der Waals surface area contributed by atoms with Gasteiger partial charge in [-0.3, -0.25) is 9.13 Å². The fourth-order valence-corrected chi connectivity index (χ4v) is 2.08. The predicted octanol–water partition coefficient (Wildman–Crippen LogP) is -0.575. The van der Waals surface area contributed by atoms with Crippen LogP contribution in [0.1, 0.15) is 0 Å². The minimum atomic E-state index is -4.00. The topological polar surface area (TPSA) is 161 Å². The molecule has 0 aromatic rings. The lowest BCUT2D eigenvalue weighted by atomic mass is 10.7. The van der Waals surface area contributed by atoms with Crippen molar-refractivity contribution >= 4 is 15.2 Å². The quantitative estimate of drug-likeness (QED) is 0.169. The molecule has 0 aliphatic carbocycles. The van der Waals surface area contributed by atoms with Crippen LogP contribution in [0, 0.1) is 0 Å². The molecule has 152 valence electrons. The zero-order valence-electron chi connectivity index (χ0n) is 14.0. The van der Waals surface area contributed by atoms with Gasteiger partial charge < -0.3 is 43.3 Å². The average molecular weight is 410 g/mol. The van der Waals surface area contributed by atoms with Crippen LogP contribution in [0.25, 0.3) is 0 Å². The van der Waals surface area contributed by atoms with E-state index in [1.807, 2.05) is 0 Å². The summed E-state index contributed by atoms with van der Waals surface area (Å²) in [5.74, 6) is 0. The van der Waals surface area contributed by atoms with E-state index in [9.17, 15) is 9.13 Å². The smallest absolute Gasteiger partial charge is 0.327 e. The first-order valence-electron chi connectivity index (χ1n) is 7.68. The Morgan fingerprint density at radius 3 is 0.840 bits per heavy atom. The standard InChI is InChI=1S/C12H28O11P2/c13-24(14,15)11-9-22-7-5-20-3-1-19-2-4-21-6-8-23-10-12-25(16,17)18/h1-12H2,(H2,13,14,15)(H2,16,17,18). The van der Waals surface area contributed by atoms with Crippen molar-refractivity contribution in [2.45, 2.75) is 0 Å². The third-order valence-corrected chi connectivity index (χ3v) is 4.07. The van der Waals surface area contributed by atoms with Crippen molar-refractivity contribution in [2.75, 3.05) is 78.4 Å². The van der Waals surface area contributed by atoms with Gasteiger partial charge in [-0.1, -0.05) is 0 Å². The molecule has 25 heavy (non-hydrogen) atoms. The van der Waals surface area contributed by atoms with Crippen LogP contribution in [0.15, 0.2) is 0 Å². The summed E-state index contributed by atoms with van der Waals surface area (Å²) in [6.45, 7) is 2.61. The minimum Gasteiger partial charge on any atom is -0.378 e. The molecule has 0 fully saturated rings. The minimum absolute atomic E-state index is 0.00942. The summed E-state index contributed by atoms with van der Waals surface area (Å²) in [5, 5.41) is 0. The first-order valence-corrected chi connectivity index (χ1v) is 11.3. The van der Waals surface area contributed by atoms with Crippen molar-refractivity contribution in [3.05, 3.63) is 0 Å². The third-order valence-electron chi connectivity index (χ3n) is 2.54. The molecule has 0 aromatic carbocycles. The zero-order chi connectivity index (χ0) is 19.0. The van der Waals surface area contributed by atoms with Crippen LogP contribution in [0.5, 0.6) is 0 Å². The lowest BCUT2D eigenvalue weighted by Gasteiger charge is -2.08. The molecule has 0 radical (unpaired) electrons. The molecule has 0 bridgehead atoms. The first kappa shape index (κ1) is 25.1. The fraction of sp³-hybridized carbons (Fsp3) is 1.00. The molecule has 11 nitrogen and oxygen atoms in total. The van der Waals surface area contributed by atoms with E-state index in [4.69, 9.17) is 43.3 Å². The monoisotopic (exact) mass is 410 g/mol. The Kier molecular flexibility index (Phi) is 15.2. The van der Waals surface area contributed by atoms with Crippen LogP contribution in [-0.2, 0) is 32.8 Å². The van der Waals surface area contributed by atoms with Crippen LogP contribution in [0.3, 0.4) is 0 Å². The molecule has 0 aliphatic rings. The number of hydrogen-bond donors (Lipinski definition) is 4. The second-order valence-corrected chi connectivity index (χ2v) is 8.39. The Hall–Kier alpha value is 0.1000. The maximum absolute atomic E-state index is 10.5. The van der Waals surface area contributed by atoms with Crippen LogP contribution in [-0.4, -0.2) is 98.0 Å². The van der Waals surface area contributed by atoms with Crippen molar-refractivity contribution in [2.24, 2.45) is 0 Å². The van der Waals surface area contributed by atoms with Gasteiger partial charge in [0.05, 0.1) is 78.4 Å². The van der Waals surface area contributed by atoms with Gasteiger partial charge in [0.25, 0.3) is 0 Å². The summed E-state index contributed by atoms with van der Waals surface area (Å²) in [6.07, 6.45) is -0.602. The van der Waals surface area contributed by atoms with E-state index in [1.165, 1.54) is 0 Å². The van der Waals surface area contributed by atoms with Gasteiger partial charge in [0.15, 0.2) is 0 Å². The molecular weight excluding hydrogens is 382 g/mol. The largest absolute Gasteiger partial charge is 0.378 e. The molecule has 0 unspecified atom stereocenters. The molecule has 0 heterocycles. The summed E-state index contributed by atoms with van der Waals surface area (Å²) in [6, 6.07) is 0. The highest BCUT2D eigenvalue weighted by Gasteiger charge is 2.12. The van der Waals surface area contributed by atoms with Gasteiger partial charge in [0.2, 0.25) is 0 Å². The van der Waals surface area contributed by atoms with Crippen molar-refractivity contribution in [1.29, 1.82) is 0 Å². The van der Waals surface area contributed by atoms with E-state index >= 15 is 0 Å². The lowest BCUT2D eigenvalue weighted by Crippen LogP contribution is -2.14.